The first kappa shape index (κ1) is 31.2. The van der Waals surface area contributed by atoms with E-state index in [0.717, 1.165) is 22.2 Å². The minimum absolute atomic E-state index is 0.0513. The first-order valence-corrected chi connectivity index (χ1v) is 13.3. The molecule has 2 aromatic heterocycles. The third-order valence-electron chi connectivity index (χ3n) is 6.64. The number of fused-ring (bicyclic) bond motifs is 1. The van der Waals surface area contributed by atoms with Crippen molar-refractivity contribution < 1.29 is 37.4 Å². The highest BCUT2D eigenvalue weighted by Gasteiger charge is 2.39. The lowest BCUT2D eigenvalue weighted by Crippen LogP contribution is -2.40. The van der Waals surface area contributed by atoms with Gasteiger partial charge in [-0.15, -0.1) is 0 Å². The predicted octanol–water partition coefficient (Wildman–Crippen LogP) is 4.28. The summed E-state index contributed by atoms with van der Waals surface area (Å²) in [4.78, 5) is 44.4. The Kier molecular flexibility index (Phi) is 9.43. The number of carbonyl (C=O) groups excluding carboxylic acids is 2. The van der Waals surface area contributed by atoms with Crippen LogP contribution in [0.15, 0.2) is 54.6 Å². The average molecular weight is 617 g/mol. The predicted molar refractivity (Wildman–Crippen MR) is 151 cm³/mol. The minimum atomic E-state index is -5.08. The van der Waals surface area contributed by atoms with Gasteiger partial charge in [-0.2, -0.15) is 13.2 Å². The summed E-state index contributed by atoms with van der Waals surface area (Å²) in [5.74, 6) is -1.94. The highest BCUT2D eigenvalue weighted by atomic mass is 32.1. The number of rotatable bonds is 6. The third kappa shape index (κ3) is 7.94. The monoisotopic (exact) mass is 616 g/mol. The van der Waals surface area contributed by atoms with Crippen molar-refractivity contribution in [2.75, 3.05) is 13.1 Å². The number of aryl methyl sites for hydroxylation is 1. The highest BCUT2D eigenvalue weighted by Crippen LogP contribution is 2.26. The summed E-state index contributed by atoms with van der Waals surface area (Å²) in [5, 5.41) is 17.0. The number of alkyl halides is 3. The second-order valence-corrected chi connectivity index (χ2v) is 10.1. The number of carbonyl (C=O) groups is 3. The number of likely N-dealkylation sites (tertiary alicyclic amines) is 1. The van der Waals surface area contributed by atoms with Crippen LogP contribution in [0.4, 0.5) is 13.2 Å². The Morgan fingerprint density at radius 1 is 1.09 bits per heavy atom. The number of carboxylic acids is 1. The standard InChI is InChI=1S/C26H26N6O3S.C2HF3O2/c1-15-11-18(20-5-3-4-6-22(20)27-15)14-35-19-9-7-17(8-10-19)25(34)28-23-13-32(16(2)33)12-21(23)24-29-26(36)31-30-24;3-2(4,5)1(6)7/h3-11,21,23H,12-14H2,1-2H3,(H,28,34)(H2,29,30,31,36);(H,6,7)/t21-,23+;/m0./s1. The second kappa shape index (κ2) is 13.0. The van der Waals surface area contributed by atoms with Crippen LogP contribution in [-0.4, -0.2) is 73.3 Å². The van der Waals surface area contributed by atoms with Gasteiger partial charge in [0.05, 0.1) is 17.5 Å². The molecule has 5 rings (SSSR count). The lowest BCUT2D eigenvalue weighted by Gasteiger charge is -2.18. The van der Waals surface area contributed by atoms with Gasteiger partial charge >= 0.3 is 12.1 Å². The van der Waals surface area contributed by atoms with E-state index >= 15 is 0 Å². The maximum Gasteiger partial charge on any atom is 0.490 e. The number of pyridine rings is 1. The maximum atomic E-state index is 13.0. The van der Waals surface area contributed by atoms with E-state index in [1.807, 2.05) is 37.3 Å². The van der Waals surface area contributed by atoms with Crippen LogP contribution in [0.5, 0.6) is 5.75 Å². The number of H-pyrrole nitrogens is 2. The van der Waals surface area contributed by atoms with Crippen LogP contribution in [0.1, 0.15) is 40.3 Å². The number of hydrogen-bond donors (Lipinski definition) is 4. The molecule has 0 unspecified atom stereocenters. The molecule has 2 amide bonds. The van der Waals surface area contributed by atoms with E-state index in [2.05, 4.69) is 25.5 Å². The first-order valence-electron chi connectivity index (χ1n) is 12.9. The summed E-state index contributed by atoms with van der Waals surface area (Å²) < 4.78 is 38.1. The number of carboxylic acid groups (broad SMARTS) is 1. The number of benzene rings is 2. The number of para-hydroxylation sites is 1. The van der Waals surface area contributed by atoms with Gasteiger partial charge in [0, 0.05) is 42.2 Å². The zero-order valence-electron chi connectivity index (χ0n) is 22.9. The third-order valence-corrected chi connectivity index (χ3v) is 6.83. The molecule has 4 N–H and O–H groups in total. The molecule has 0 radical (unpaired) electrons. The van der Waals surface area contributed by atoms with E-state index in [0.29, 0.717) is 41.6 Å². The Morgan fingerprint density at radius 2 is 1.77 bits per heavy atom. The Balaban J connectivity index is 0.000000541. The summed E-state index contributed by atoms with van der Waals surface area (Å²) in [7, 11) is 0. The van der Waals surface area contributed by atoms with Gasteiger partial charge in [0.25, 0.3) is 5.91 Å². The van der Waals surface area contributed by atoms with E-state index in [1.165, 1.54) is 6.92 Å². The zero-order chi connectivity index (χ0) is 31.3. The van der Waals surface area contributed by atoms with E-state index < -0.39 is 12.1 Å². The first-order chi connectivity index (χ1) is 20.3. The van der Waals surface area contributed by atoms with Crippen LogP contribution < -0.4 is 10.1 Å². The number of nitrogens with one attached hydrogen (secondary N) is 3. The minimum Gasteiger partial charge on any atom is -0.489 e. The number of nitrogens with zero attached hydrogens (tertiary/aromatic N) is 3. The molecule has 4 aromatic rings. The van der Waals surface area contributed by atoms with Crippen LogP contribution in [-0.2, 0) is 16.2 Å². The SMILES string of the molecule is CC(=O)N1C[C@H](c2nc(=S)[nH][nH]2)[C@H](NC(=O)c2ccc(OCc3cc(C)nc4ccccc34)cc2)C1.O=C(O)C(F)(F)F. The number of amides is 2. The van der Waals surface area contributed by atoms with Crippen LogP contribution in [0.2, 0.25) is 0 Å². The molecule has 0 bridgehead atoms. The van der Waals surface area contributed by atoms with Crippen molar-refractivity contribution in [2.45, 2.75) is 38.6 Å². The lowest BCUT2D eigenvalue weighted by molar-refractivity contribution is -0.192. The molecule has 0 saturated carbocycles. The molecular weight excluding hydrogens is 589 g/mol. The quantitative estimate of drug-likeness (QED) is 0.234. The van der Waals surface area contributed by atoms with Crippen LogP contribution in [0.3, 0.4) is 0 Å². The maximum absolute atomic E-state index is 13.0. The Labute approximate surface area is 248 Å². The molecule has 2 atom stereocenters. The van der Waals surface area contributed by atoms with Crippen LogP contribution in [0.25, 0.3) is 10.9 Å². The largest absolute Gasteiger partial charge is 0.490 e. The van der Waals surface area contributed by atoms with E-state index in [9.17, 15) is 22.8 Å². The molecule has 43 heavy (non-hydrogen) atoms. The van der Waals surface area contributed by atoms with E-state index in [1.54, 1.807) is 29.2 Å². The van der Waals surface area contributed by atoms with Crippen molar-refractivity contribution in [1.29, 1.82) is 0 Å². The van der Waals surface area contributed by atoms with Crippen LogP contribution >= 0.6 is 12.2 Å². The number of hydrogen-bond acceptors (Lipinski definition) is 7. The summed E-state index contributed by atoms with van der Waals surface area (Å²) >= 11 is 5.07. The highest BCUT2D eigenvalue weighted by molar-refractivity contribution is 7.71. The summed E-state index contributed by atoms with van der Waals surface area (Å²) in [5.41, 5.74) is 3.43. The van der Waals surface area contributed by atoms with Gasteiger partial charge < -0.3 is 20.1 Å². The molecule has 1 aliphatic rings. The summed E-state index contributed by atoms with van der Waals surface area (Å²) in [6, 6.07) is 16.7. The topological polar surface area (TPSA) is 153 Å². The van der Waals surface area contributed by atoms with Gasteiger partial charge in [0.15, 0.2) is 0 Å². The summed E-state index contributed by atoms with van der Waals surface area (Å²) in [6.45, 7) is 4.73. The molecule has 1 aliphatic heterocycles. The fourth-order valence-electron chi connectivity index (χ4n) is 4.57. The van der Waals surface area contributed by atoms with Crippen molar-refractivity contribution in [2.24, 2.45) is 0 Å². The van der Waals surface area contributed by atoms with E-state index in [4.69, 9.17) is 26.9 Å². The van der Waals surface area contributed by atoms with Crippen molar-refractivity contribution in [3.63, 3.8) is 0 Å². The second-order valence-electron chi connectivity index (χ2n) is 9.72. The van der Waals surface area contributed by atoms with Gasteiger partial charge in [-0.3, -0.25) is 24.8 Å². The van der Waals surface area contributed by atoms with Gasteiger partial charge in [-0.25, -0.2) is 9.78 Å². The number of aliphatic carboxylic acids is 1. The fourth-order valence-corrected chi connectivity index (χ4v) is 4.72. The van der Waals surface area contributed by atoms with Crippen molar-refractivity contribution in [3.05, 3.63) is 82.0 Å². The van der Waals surface area contributed by atoms with Gasteiger partial charge in [-0.1, -0.05) is 18.2 Å². The number of ether oxygens (including phenoxy) is 1. The smallest absolute Gasteiger partial charge is 0.489 e. The average Bonchev–Trinajstić information content (AvgIpc) is 3.58. The van der Waals surface area contributed by atoms with Crippen molar-refractivity contribution in [1.82, 2.24) is 30.4 Å². The van der Waals surface area contributed by atoms with E-state index in [-0.39, 0.29) is 23.8 Å². The molecule has 1 fully saturated rings. The Hall–Kier alpha value is -4.79. The number of aromatic amines is 2. The molecule has 0 aliphatic carbocycles. The molecule has 3 heterocycles. The Bertz CT molecular complexity index is 1690. The van der Waals surface area contributed by atoms with Crippen molar-refractivity contribution >= 4 is 40.9 Å². The van der Waals surface area contributed by atoms with Gasteiger partial charge in [0.2, 0.25) is 10.7 Å². The molecule has 226 valence electrons. The fraction of sp³-hybridized carbons (Fsp3) is 0.286. The number of aromatic nitrogens is 4. The number of halogens is 3. The molecule has 11 nitrogen and oxygen atoms in total. The molecular formula is C28H27F3N6O5S. The molecule has 0 spiro atoms. The zero-order valence-corrected chi connectivity index (χ0v) is 23.8. The molecule has 1 saturated heterocycles. The summed E-state index contributed by atoms with van der Waals surface area (Å²) in [6.07, 6.45) is -5.08. The Morgan fingerprint density at radius 3 is 2.37 bits per heavy atom. The normalized spacial score (nSPS) is 16.3. The lowest BCUT2D eigenvalue weighted by atomic mass is 10.0. The van der Waals surface area contributed by atoms with Gasteiger partial charge in [0.1, 0.15) is 18.2 Å². The van der Waals surface area contributed by atoms with Crippen LogP contribution in [0, 0.1) is 11.7 Å². The van der Waals surface area contributed by atoms with Crippen molar-refractivity contribution in [3.8, 4) is 5.75 Å². The van der Waals surface area contributed by atoms with Gasteiger partial charge in [-0.05, 0) is 55.5 Å². The molecule has 2 aromatic carbocycles. The molecule has 15 heteroatoms.